The van der Waals surface area contributed by atoms with Crippen LogP contribution in [0.4, 0.5) is 74.6 Å². The predicted molar refractivity (Wildman–Crippen MR) is 56.4 cm³/mol. The van der Waals surface area contributed by atoms with Crippen molar-refractivity contribution in [1.29, 1.82) is 0 Å². The molecule has 0 rings (SSSR count). The van der Waals surface area contributed by atoms with Gasteiger partial charge in [0.2, 0.25) is 0 Å². The number of halogens is 17. The molecule has 0 aromatic carbocycles. The first kappa shape index (κ1) is 27.8. The fourth-order valence-electron chi connectivity index (χ4n) is 1.57. The topological polar surface area (TPSA) is 20.2 Å². The predicted octanol–water partition coefficient (Wildman–Crippen LogP) is 5.93. The molecular weight excluding hydrogens is 471 g/mol. The van der Waals surface area contributed by atoms with Crippen LogP contribution < -0.4 is 0 Å². The molecular formula is C11H6F17O. The maximum atomic E-state index is 13.2. The summed E-state index contributed by atoms with van der Waals surface area (Å²) < 4.78 is 220. The van der Waals surface area contributed by atoms with Crippen molar-refractivity contribution in [3.05, 3.63) is 6.43 Å². The molecule has 0 bridgehead atoms. The van der Waals surface area contributed by atoms with E-state index in [9.17, 15) is 74.6 Å². The van der Waals surface area contributed by atoms with Gasteiger partial charge in [-0.15, -0.1) is 0 Å². The van der Waals surface area contributed by atoms with Crippen molar-refractivity contribution in [3.8, 4) is 0 Å². The van der Waals surface area contributed by atoms with Crippen LogP contribution in [0.15, 0.2) is 0 Å². The van der Waals surface area contributed by atoms with Crippen molar-refractivity contribution in [2.24, 2.45) is 0 Å². The van der Waals surface area contributed by atoms with Crippen LogP contribution in [0.3, 0.4) is 0 Å². The number of alkyl halides is 15. The molecule has 0 amide bonds. The van der Waals surface area contributed by atoms with Gasteiger partial charge >= 0.3 is 53.7 Å². The van der Waals surface area contributed by atoms with Crippen LogP contribution in [-0.4, -0.2) is 52.4 Å². The lowest BCUT2D eigenvalue weighted by Gasteiger charge is -2.43. The Morgan fingerprint density at radius 3 is 1.00 bits per heavy atom. The summed E-state index contributed by atoms with van der Waals surface area (Å²) >= 11 is 0. The zero-order valence-corrected chi connectivity index (χ0v) is 13.1. The third-order valence-electron chi connectivity index (χ3n) is 3.54. The molecule has 29 heavy (non-hydrogen) atoms. The number of rotatable bonds is 9. The Labute approximate surface area is 148 Å². The van der Waals surface area contributed by atoms with Crippen LogP contribution in [0.25, 0.3) is 0 Å². The van der Waals surface area contributed by atoms with Gasteiger partial charge in [-0.1, -0.05) is 6.92 Å². The van der Waals surface area contributed by atoms with E-state index in [0.29, 0.717) is 0 Å². The average molecular weight is 477 g/mol. The molecule has 175 valence electrons. The van der Waals surface area contributed by atoms with E-state index in [1.807, 2.05) is 0 Å². The van der Waals surface area contributed by atoms with Crippen molar-refractivity contribution in [1.82, 2.24) is 0 Å². The Bertz CT molecular complexity index is 592. The van der Waals surface area contributed by atoms with Crippen molar-refractivity contribution >= 4 is 0 Å². The van der Waals surface area contributed by atoms with Crippen LogP contribution in [0.1, 0.15) is 13.3 Å². The van der Waals surface area contributed by atoms with Crippen molar-refractivity contribution in [3.63, 3.8) is 0 Å². The molecule has 1 N–H and O–H groups in total. The highest BCUT2D eigenvalue weighted by Crippen LogP contribution is 2.64. The van der Waals surface area contributed by atoms with Crippen molar-refractivity contribution < 1.29 is 79.7 Å². The van der Waals surface area contributed by atoms with Gasteiger partial charge in [0.05, 0.1) is 0 Å². The highest BCUT2D eigenvalue weighted by atomic mass is 19.4. The molecule has 0 aromatic rings. The maximum absolute atomic E-state index is 13.2. The Balaban J connectivity index is 6.76. The Hall–Kier alpha value is -1.23. The minimum Gasteiger partial charge on any atom is -0.352 e. The maximum Gasteiger partial charge on any atom is 0.384 e. The number of hydrogen-bond acceptors (Lipinski definition) is 1. The lowest BCUT2D eigenvalue weighted by atomic mass is 9.87. The first-order valence-corrected chi connectivity index (χ1v) is 6.50. The highest BCUT2D eigenvalue weighted by molar-refractivity contribution is 5.17. The number of hydrogen-bond donors (Lipinski definition) is 1. The Morgan fingerprint density at radius 2 is 0.759 bits per heavy atom. The number of aliphatic hydroxyl groups is 1. The standard InChI is InChI=1S/C11H6F17O/c1-2-4(14,15)6(17,18)8(21,22)10(25,26)11(27,28)9(23,24)7(19,20)5(16,29)3(12)13/h29H,2H2,1H3. The van der Waals surface area contributed by atoms with Gasteiger partial charge in [-0.2, -0.15) is 74.6 Å². The molecule has 1 unspecified atom stereocenters. The fraction of sp³-hybridized carbons (Fsp3) is 0.909. The molecule has 0 fully saturated rings. The van der Waals surface area contributed by atoms with Crippen LogP contribution in [0.2, 0.25) is 0 Å². The Morgan fingerprint density at radius 1 is 0.517 bits per heavy atom. The quantitative estimate of drug-likeness (QED) is 0.409. The first-order valence-electron chi connectivity index (χ1n) is 6.50. The second-order valence-corrected chi connectivity index (χ2v) is 5.39. The minimum absolute atomic E-state index is 0.0773. The van der Waals surface area contributed by atoms with E-state index >= 15 is 0 Å². The Kier molecular flexibility index (Phi) is 6.60. The van der Waals surface area contributed by atoms with E-state index in [-0.39, 0.29) is 6.92 Å². The summed E-state index contributed by atoms with van der Waals surface area (Å²) in [5.74, 6) is -62.9. The van der Waals surface area contributed by atoms with Gasteiger partial charge in [0.15, 0.2) is 0 Å². The molecule has 0 aliphatic heterocycles. The molecule has 1 atom stereocenters. The van der Waals surface area contributed by atoms with Gasteiger partial charge < -0.3 is 5.11 Å². The third kappa shape index (κ3) is 3.28. The van der Waals surface area contributed by atoms with Crippen molar-refractivity contribution in [2.75, 3.05) is 0 Å². The third-order valence-corrected chi connectivity index (χ3v) is 3.54. The highest BCUT2D eigenvalue weighted by Gasteiger charge is 2.95. The molecule has 0 aliphatic carbocycles. The van der Waals surface area contributed by atoms with Crippen LogP contribution >= 0.6 is 0 Å². The van der Waals surface area contributed by atoms with E-state index in [1.165, 1.54) is 0 Å². The van der Waals surface area contributed by atoms with E-state index in [1.54, 1.807) is 0 Å². The van der Waals surface area contributed by atoms with E-state index < -0.39 is 60.2 Å². The second kappa shape index (κ2) is 6.90. The molecule has 0 aliphatic rings. The average Bonchev–Trinajstić information content (AvgIpc) is 2.53. The van der Waals surface area contributed by atoms with Gasteiger partial charge in [-0.3, -0.25) is 0 Å². The van der Waals surface area contributed by atoms with Crippen LogP contribution in [0.5, 0.6) is 0 Å². The second-order valence-electron chi connectivity index (χ2n) is 5.39. The SMILES string of the molecule is CCC(F)(F)C(F)(F)C(F)(F)C(F)(F)C(F)(F)C(F)(F)C(F)(F)C(O)(F)[C](F)F. The summed E-state index contributed by atoms with van der Waals surface area (Å²) in [6, 6.07) is 0. The minimum atomic E-state index is -8.60. The van der Waals surface area contributed by atoms with E-state index in [0.717, 1.165) is 0 Å². The zero-order valence-electron chi connectivity index (χ0n) is 13.1. The lowest BCUT2D eigenvalue weighted by Crippen LogP contribution is -2.75. The van der Waals surface area contributed by atoms with Crippen LogP contribution in [0, 0.1) is 6.43 Å². The smallest absolute Gasteiger partial charge is 0.352 e. The molecule has 1 radical (unpaired) electrons. The molecule has 18 heteroatoms. The molecule has 0 aromatic heterocycles. The summed E-state index contributed by atoms with van der Waals surface area (Å²) in [6.07, 6.45) is -7.33. The molecule has 1 nitrogen and oxygen atoms in total. The first-order chi connectivity index (χ1) is 12.3. The molecule has 0 saturated carbocycles. The summed E-state index contributed by atoms with van der Waals surface area (Å²) in [5.41, 5.74) is 0. The molecule has 0 saturated heterocycles. The zero-order chi connectivity index (χ0) is 24.3. The van der Waals surface area contributed by atoms with Crippen molar-refractivity contribution in [2.45, 2.75) is 60.7 Å². The summed E-state index contributed by atoms with van der Waals surface area (Å²) in [7, 11) is 0. The van der Waals surface area contributed by atoms with Gasteiger partial charge in [0, 0.05) is 6.42 Å². The summed E-state index contributed by atoms with van der Waals surface area (Å²) in [4.78, 5) is 0. The van der Waals surface area contributed by atoms with Gasteiger partial charge in [0.1, 0.15) is 0 Å². The normalized spacial score (nSPS) is 18.2. The monoisotopic (exact) mass is 477 g/mol. The summed E-state index contributed by atoms with van der Waals surface area (Å²) in [6.45, 7) is -0.0773. The van der Waals surface area contributed by atoms with Gasteiger partial charge in [-0.25, -0.2) is 0 Å². The van der Waals surface area contributed by atoms with E-state index in [4.69, 9.17) is 5.11 Å². The lowest BCUT2D eigenvalue weighted by molar-refractivity contribution is -0.458. The fourth-order valence-corrected chi connectivity index (χ4v) is 1.57. The molecule has 0 spiro atoms. The largest absolute Gasteiger partial charge is 0.384 e. The summed E-state index contributed by atoms with van der Waals surface area (Å²) in [5, 5.41) is 7.90. The van der Waals surface area contributed by atoms with E-state index in [2.05, 4.69) is 0 Å². The molecule has 0 heterocycles. The van der Waals surface area contributed by atoms with Crippen LogP contribution in [-0.2, 0) is 0 Å². The van der Waals surface area contributed by atoms with Gasteiger partial charge in [0.25, 0.3) is 0 Å². The van der Waals surface area contributed by atoms with Gasteiger partial charge in [-0.05, 0) is 0 Å².